The highest BCUT2D eigenvalue weighted by atomic mass is 32.2. The van der Waals surface area contributed by atoms with Crippen molar-refractivity contribution < 1.29 is 18.7 Å². The van der Waals surface area contributed by atoms with Gasteiger partial charge in [0.15, 0.2) is 0 Å². The van der Waals surface area contributed by atoms with Gasteiger partial charge in [-0.1, -0.05) is 23.9 Å². The van der Waals surface area contributed by atoms with Gasteiger partial charge in [-0.25, -0.2) is 0 Å². The molecule has 3 rings (SSSR count). The minimum atomic E-state index is -0.520. The Bertz CT molecular complexity index is 986. The van der Waals surface area contributed by atoms with Gasteiger partial charge in [0.25, 0.3) is 5.22 Å². The van der Waals surface area contributed by atoms with E-state index in [0.717, 1.165) is 11.3 Å². The van der Waals surface area contributed by atoms with Crippen molar-refractivity contribution in [3.8, 4) is 5.75 Å². The van der Waals surface area contributed by atoms with E-state index in [1.54, 1.807) is 38.3 Å². The van der Waals surface area contributed by atoms with Gasteiger partial charge in [-0.3, -0.25) is 9.59 Å². The molecule has 150 valence electrons. The maximum absolute atomic E-state index is 12.4. The predicted octanol–water partition coefficient (Wildman–Crippen LogP) is 2.89. The molecule has 0 saturated heterocycles. The van der Waals surface area contributed by atoms with Crippen LogP contribution in [0.25, 0.3) is 0 Å². The molecule has 3 aromatic rings. The molecule has 2 aromatic carbocycles. The first-order valence-electron chi connectivity index (χ1n) is 8.77. The Balaban J connectivity index is 1.55. The van der Waals surface area contributed by atoms with Crippen LogP contribution in [0.2, 0.25) is 0 Å². The highest BCUT2D eigenvalue weighted by Gasteiger charge is 2.19. The molecule has 0 aliphatic heterocycles. The lowest BCUT2D eigenvalue weighted by molar-refractivity contribution is -0.115. The third kappa shape index (κ3) is 5.58. The maximum Gasteiger partial charge on any atom is 0.277 e. The van der Waals surface area contributed by atoms with Crippen LogP contribution in [-0.2, 0) is 11.2 Å². The average molecular weight is 412 g/mol. The molecule has 3 N–H and O–H groups in total. The number of carbonyl (C=O) groups is 2. The Morgan fingerprint density at radius 3 is 2.45 bits per heavy atom. The number of hydrogen-bond donors (Lipinski definition) is 2. The van der Waals surface area contributed by atoms with Crippen molar-refractivity contribution in [1.82, 2.24) is 10.2 Å². The zero-order valence-electron chi connectivity index (χ0n) is 15.9. The topological polar surface area (TPSA) is 120 Å². The summed E-state index contributed by atoms with van der Waals surface area (Å²) >= 11 is 1.17. The number of amides is 2. The summed E-state index contributed by atoms with van der Waals surface area (Å²) in [6.07, 6.45) is 0.490. The van der Waals surface area contributed by atoms with Crippen LogP contribution in [0, 0.1) is 0 Å². The number of anilines is 1. The molecular formula is C20H20N4O4S. The van der Waals surface area contributed by atoms with Crippen molar-refractivity contribution in [3.05, 3.63) is 65.5 Å². The van der Waals surface area contributed by atoms with Crippen molar-refractivity contribution in [2.24, 2.45) is 5.73 Å². The number of benzene rings is 2. The summed E-state index contributed by atoms with van der Waals surface area (Å²) in [5.74, 6) is 0.498. The van der Waals surface area contributed by atoms with Crippen molar-refractivity contribution >= 4 is 29.3 Å². The summed E-state index contributed by atoms with van der Waals surface area (Å²) in [6.45, 7) is 1.74. The smallest absolute Gasteiger partial charge is 0.277 e. The van der Waals surface area contributed by atoms with Gasteiger partial charge in [0.2, 0.25) is 17.7 Å². The third-order valence-electron chi connectivity index (χ3n) is 4.05. The largest absolute Gasteiger partial charge is 0.497 e. The quantitative estimate of drug-likeness (QED) is 0.546. The second-order valence-corrected chi connectivity index (χ2v) is 7.47. The number of rotatable bonds is 8. The fourth-order valence-corrected chi connectivity index (χ4v) is 3.14. The first-order valence-corrected chi connectivity index (χ1v) is 9.65. The second kappa shape index (κ2) is 9.24. The lowest BCUT2D eigenvalue weighted by Gasteiger charge is -2.10. The minimum absolute atomic E-state index is 0.225. The lowest BCUT2D eigenvalue weighted by atomic mass is 10.1. The van der Waals surface area contributed by atoms with Crippen LogP contribution in [-0.4, -0.2) is 34.4 Å². The zero-order chi connectivity index (χ0) is 20.8. The Labute approximate surface area is 171 Å². The molecule has 0 radical (unpaired) electrons. The van der Waals surface area contributed by atoms with Gasteiger partial charge in [0.05, 0.1) is 18.8 Å². The number of hydrogen-bond acceptors (Lipinski definition) is 7. The number of nitrogens with zero attached hydrogens (tertiary/aromatic N) is 2. The van der Waals surface area contributed by atoms with Crippen LogP contribution in [0.15, 0.2) is 58.2 Å². The number of methoxy groups -OCH3 is 1. The number of nitrogens with two attached hydrogens (primary N) is 1. The molecule has 0 unspecified atom stereocenters. The number of primary amides is 1. The minimum Gasteiger partial charge on any atom is -0.497 e. The van der Waals surface area contributed by atoms with Gasteiger partial charge >= 0.3 is 0 Å². The molecule has 1 atom stereocenters. The molecule has 29 heavy (non-hydrogen) atoms. The summed E-state index contributed by atoms with van der Waals surface area (Å²) in [7, 11) is 1.62. The van der Waals surface area contributed by atoms with Gasteiger partial charge in [-0.05, 0) is 48.9 Å². The van der Waals surface area contributed by atoms with E-state index in [4.69, 9.17) is 14.9 Å². The second-order valence-electron chi connectivity index (χ2n) is 6.18. The van der Waals surface area contributed by atoms with Crippen LogP contribution in [0.3, 0.4) is 0 Å². The van der Waals surface area contributed by atoms with Crippen molar-refractivity contribution in [2.75, 3.05) is 12.4 Å². The van der Waals surface area contributed by atoms with Gasteiger partial charge in [-0.2, -0.15) is 0 Å². The zero-order valence-corrected chi connectivity index (χ0v) is 16.7. The molecule has 8 nitrogen and oxygen atoms in total. The highest BCUT2D eigenvalue weighted by molar-refractivity contribution is 8.00. The fraction of sp³-hybridized carbons (Fsp3) is 0.200. The highest BCUT2D eigenvalue weighted by Crippen LogP contribution is 2.24. The van der Waals surface area contributed by atoms with Gasteiger partial charge in [0.1, 0.15) is 5.75 Å². The molecule has 1 heterocycles. The van der Waals surface area contributed by atoms with E-state index in [9.17, 15) is 9.59 Å². The van der Waals surface area contributed by atoms with E-state index in [0.29, 0.717) is 28.8 Å². The molecule has 0 aliphatic carbocycles. The molecule has 0 fully saturated rings. The summed E-state index contributed by atoms with van der Waals surface area (Å²) in [5, 5.41) is 10.7. The normalized spacial score (nSPS) is 11.7. The summed E-state index contributed by atoms with van der Waals surface area (Å²) in [4.78, 5) is 23.5. The van der Waals surface area contributed by atoms with Crippen LogP contribution >= 0.6 is 11.8 Å². The van der Waals surface area contributed by atoms with E-state index in [2.05, 4.69) is 15.5 Å². The van der Waals surface area contributed by atoms with E-state index in [1.165, 1.54) is 11.8 Å². The van der Waals surface area contributed by atoms with E-state index in [-0.39, 0.29) is 5.91 Å². The number of nitrogens with one attached hydrogen (secondary N) is 1. The summed E-state index contributed by atoms with van der Waals surface area (Å²) < 4.78 is 10.8. The van der Waals surface area contributed by atoms with Crippen molar-refractivity contribution in [1.29, 1.82) is 0 Å². The molecule has 2 amide bonds. The molecule has 0 bridgehead atoms. The Morgan fingerprint density at radius 2 is 1.83 bits per heavy atom. The monoisotopic (exact) mass is 412 g/mol. The van der Waals surface area contributed by atoms with Gasteiger partial charge < -0.3 is 20.2 Å². The number of thioether (sulfide) groups is 1. The Morgan fingerprint density at radius 1 is 1.14 bits per heavy atom. The number of aromatic nitrogens is 2. The van der Waals surface area contributed by atoms with Crippen LogP contribution in [0.1, 0.15) is 28.7 Å². The van der Waals surface area contributed by atoms with Crippen LogP contribution < -0.4 is 15.8 Å². The standard InChI is InChI=1S/C20H20N4O4S/c1-12(19(26)22-15-7-5-14(6-8-15)18(21)25)29-20-24-23-17(28-20)11-13-3-9-16(27-2)10-4-13/h3-10,12H,11H2,1-2H3,(H2,21,25)(H,22,26)/t12-/m1/s1. The summed E-state index contributed by atoms with van der Waals surface area (Å²) in [5.41, 5.74) is 7.16. The first kappa shape index (κ1) is 20.4. The molecular weight excluding hydrogens is 392 g/mol. The molecule has 0 spiro atoms. The van der Waals surface area contributed by atoms with E-state index < -0.39 is 11.2 Å². The SMILES string of the molecule is COc1ccc(Cc2nnc(S[C@H](C)C(=O)Nc3ccc(C(N)=O)cc3)o2)cc1. The van der Waals surface area contributed by atoms with Gasteiger partial charge in [-0.15, -0.1) is 10.2 Å². The Hall–Kier alpha value is -3.33. The average Bonchev–Trinajstić information content (AvgIpc) is 3.15. The molecule has 0 aliphatic rings. The maximum atomic E-state index is 12.4. The molecule has 1 aromatic heterocycles. The van der Waals surface area contributed by atoms with Crippen molar-refractivity contribution in [3.63, 3.8) is 0 Å². The van der Waals surface area contributed by atoms with Crippen molar-refractivity contribution in [2.45, 2.75) is 23.8 Å². The Kier molecular flexibility index (Phi) is 6.50. The number of ether oxygens (including phenoxy) is 1. The van der Waals surface area contributed by atoms with Crippen LogP contribution in [0.4, 0.5) is 5.69 Å². The fourth-order valence-electron chi connectivity index (χ4n) is 2.44. The van der Waals surface area contributed by atoms with E-state index in [1.807, 2.05) is 24.3 Å². The van der Waals surface area contributed by atoms with Crippen LogP contribution in [0.5, 0.6) is 5.75 Å². The first-order chi connectivity index (χ1) is 13.9. The van der Waals surface area contributed by atoms with E-state index >= 15 is 0 Å². The number of carbonyl (C=O) groups excluding carboxylic acids is 2. The van der Waals surface area contributed by atoms with Gasteiger partial charge in [0, 0.05) is 11.3 Å². The third-order valence-corrected chi connectivity index (χ3v) is 4.98. The lowest BCUT2D eigenvalue weighted by Crippen LogP contribution is -2.22. The summed E-state index contributed by atoms with van der Waals surface area (Å²) in [6, 6.07) is 13.9. The predicted molar refractivity (Wildman–Crippen MR) is 109 cm³/mol. The molecule has 0 saturated carbocycles. The molecule has 9 heteroatoms.